The van der Waals surface area contributed by atoms with Crippen LogP contribution in [0.25, 0.3) is 0 Å². The summed E-state index contributed by atoms with van der Waals surface area (Å²) in [7, 11) is 0. The Hall–Kier alpha value is 0.293. The van der Waals surface area contributed by atoms with Gasteiger partial charge in [0.05, 0.1) is 0 Å². The molecule has 2 aliphatic rings. The Bertz CT molecular complexity index is 108. The summed E-state index contributed by atoms with van der Waals surface area (Å²) < 4.78 is 0. The van der Waals surface area contributed by atoms with Crippen LogP contribution in [0.1, 0.15) is 0 Å². The summed E-state index contributed by atoms with van der Waals surface area (Å²) >= 11 is 0. The zero-order valence-corrected chi connectivity index (χ0v) is 8.77. The maximum absolute atomic E-state index is 9.87. The van der Waals surface area contributed by atoms with Crippen LogP contribution in [0.2, 0.25) is 0 Å². The summed E-state index contributed by atoms with van der Waals surface area (Å²) in [5, 5.41) is 0. The third-order valence-electron chi connectivity index (χ3n) is 1.38. The van der Waals surface area contributed by atoms with Gasteiger partial charge in [-0.1, -0.05) is 0 Å². The zero-order valence-electron chi connectivity index (χ0n) is 7.04. The van der Waals surface area contributed by atoms with Gasteiger partial charge < -0.3 is 4.79 Å². The summed E-state index contributed by atoms with van der Waals surface area (Å²) in [5.74, 6) is 0.750. The second kappa shape index (κ2) is 8.87. The van der Waals surface area contributed by atoms with Crippen molar-refractivity contribution < 1.29 is 24.3 Å². The monoisotopic (exact) mass is 260 g/mol. The van der Waals surface area contributed by atoms with E-state index in [-0.39, 0.29) is 19.5 Å². The minimum Gasteiger partial charge on any atom is -0.303 e. The van der Waals surface area contributed by atoms with Gasteiger partial charge >= 0.3 is 19.5 Å². The Morgan fingerprint density at radius 3 is 1.38 bits per heavy atom. The van der Waals surface area contributed by atoms with Gasteiger partial charge in [0.2, 0.25) is 0 Å². The van der Waals surface area contributed by atoms with Crippen molar-refractivity contribution >= 4 is 6.29 Å². The van der Waals surface area contributed by atoms with E-state index in [4.69, 9.17) is 0 Å². The van der Waals surface area contributed by atoms with Crippen molar-refractivity contribution in [2.24, 2.45) is 0 Å². The molecule has 2 aliphatic carbocycles. The molecular weight excluding hydrogens is 249 g/mol. The Morgan fingerprint density at radius 2 is 1.15 bits per heavy atom. The molecule has 0 amide bonds. The van der Waals surface area contributed by atoms with E-state index in [1.54, 1.807) is 12.8 Å². The molecule has 0 aromatic heterocycles. The number of carbonyl (C=O) groups is 1. The molecule has 0 bridgehead atoms. The number of hydrogen-bond donors (Lipinski definition) is 0. The summed E-state index contributed by atoms with van der Waals surface area (Å²) in [4.78, 5) is 9.87. The summed E-state index contributed by atoms with van der Waals surface area (Å²) in [5.41, 5.74) is 0. The maximum Gasteiger partial charge on any atom is 2.00 e. The van der Waals surface area contributed by atoms with Crippen molar-refractivity contribution in [3.05, 3.63) is 63.7 Å². The van der Waals surface area contributed by atoms with Gasteiger partial charge in [0.25, 0.3) is 0 Å². The van der Waals surface area contributed by atoms with Crippen LogP contribution in [0.15, 0.2) is 0 Å². The fourth-order valence-corrected chi connectivity index (χ4v) is 0.788. The summed E-state index contributed by atoms with van der Waals surface area (Å²) in [6.45, 7) is 0. The minimum atomic E-state index is 0. The third kappa shape index (κ3) is 6.38. The van der Waals surface area contributed by atoms with Crippen molar-refractivity contribution in [3.63, 3.8) is 0 Å². The van der Waals surface area contributed by atoms with Crippen LogP contribution in [0.4, 0.5) is 0 Å². The van der Waals surface area contributed by atoms with Gasteiger partial charge in [-0.2, -0.15) is 0 Å². The molecule has 2 fully saturated rings. The number of carbonyl (C=O) groups excluding carboxylic acids is 1. The molecule has 0 saturated heterocycles. The fourth-order valence-electron chi connectivity index (χ4n) is 0.788. The van der Waals surface area contributed by atoms with Crippen LogP contribution in [-0.4, -0.2) is 6.29 Å². The average Bonchev–Trinajstić information content (AvgIpc) is 2.81. The average molecular weight is 259 g/mol. The molecule has 0 N–H and O–H groups in total. The first kappa shape index (κ1) is 13.3. The van der Waals surface area contributed by atoms with Gasteiger partial charge in [0.15, 0.2) is 0 Å². The van der Waals surface area contributed by atoms with Gasteiger partial charge in [-0.15, -0.1) is 0 Å². The topological polar surface area (TPSA) is 17.1 Å². The molecular formula is C11H10ORu+2. The van der Waals surface area contributed by atoms with E-state index >= 15 is 0 Å². The first-order valence-electron chi connectivity index (χ1n) is 3.77. The van der Waals surface area contributed by atoms with Crippen LogP contribution in [0.3, 0.4) is 0 Å². The molecule has 66 valence electrons. The molecule has 10 radical (unpaired) electrons. The van der Waals surface area contributed by atoms with Crippen LogP contribution in [0, 0.1) is 63.7 Å². The van der Waals surface area contributed by atoms with E-state index in [9.17, 15) is 4.79 Å². The van der Waals surface area contributed by atoms with Crippen molar-refractivity contribution in [2.45, 2.75) is 0 Å². The van der Waals surface area contributed by atoms with Gasteiger partial charge in [0, 0.05) is 5.92 Å². The van der Waals surface area contributed by atoms with Crippen molar-refractivity contribution in [1.29, 1.82) is 0 Å². The summed E-state index contributed by atoms with van der Waals surface area (Å²) in [6, 6.07) is 0. The predicted octanol–water partition coefficient (Wildman–Crippen LogP) is 1.61. The smallest absolute Gasteiger partial charge is 0.303 e. The molecule has 2 saturated carbocycles. The molecule has 0 heterocycles. The summed E-state index contributed by atoms with van der Waals surface area (Å²) in [6.07, 6.45) is 18.0. The molecule has 0 aliphatic heterocycles. The SMILES string of the molecule is O=C[C]1[CH][CH][CH][CH]1.[CH]1[CH][CH][CH][CH]1.[Ru+2]. The van der Waals surface area contributed by atoms with E-state index in [1.807, 2.05) is 44.9 Å². The van der Waals surface area contributed by atoms with Gasteiger partial charge in [0.1, 0.15) is 6.29 Å². The van der Waals surface area contributed by atoms with E-state index in [0.717, 1.165) is 12.2 Å². The quantitative estimate of drug-likeness (QED) is 0.516. The maximum atomic E-state index is 9.87. The van der Waals surface area contributed by atoms with Gasteiger partial charge in [-0.3, -0.25) is 0 Å². The first-order valence-corrected chi connectivity index (χ1v) is 3.77. The second-order valence-corrected chi connectivity index (χ2v) is 2.30. The van der Waals surface area contributed by atoms with Crippen LogP contribution >= 0.6 is 0 Å². The Morgan fingerprint density at radius 1 is 0.769 bits per heavy atom. The Labute approximate surface area is 94.4 Å². The van der Waals surface area contributed by atoms with E-state index < -0.39 is 0 Å². The molecule has 2 heteroatoms. The van der Waals surface area contributed by atoms with Crippen LogP contribution < -0.4 is 0 Å². The Balaban J connectivity index is 0.000000215. The third-order valence-corrected chi connectivity index (χ3v) is 1.38. The molecule has 1 nitrogen and oxygen atoms in total. The molecule has 0 atom stereocenters. The van der Waals surface area contributed by atoms with E-state index in [0.29, 0.717) is 0 Å². The van der Waals surface area contributed by atoms with Crippen molar-refractivity contribution in [3.8, 4) is 0 Å². The molecule has 0 spiro atoms. The molecule has 0 aromatic carbocycles. The minimum absolute atomic E-state index is 0. The van der Waals surface area contributed by atoms with Gasteiger partial charge in [-0.05, 0) is 57.8 Å². The number of aldehydes is 1. The molecule has 0 unspecified atom stereocenters. The molecule has 2 rings (SSSR count). The standard InChI is InChI=1S/C6H5O.C5H5.Ru/c7-5-6-3-1-2-4-6;1-2-4-5-3-1;/h1-5H;1-5H;/q;;+2. The largest absolute Gasteiger partial charge is 2.00 e. The van der Waals surface area contributed by atoms with E-state index in [1.165, 1.54) is 0 Å². The zero-order chi connectivity index (χ0) is 8.65. The molecule has 13 heavy (non-hydrogen) atoms. The molecule has 0 aromatic rings. The van der Waals surface area contributed by atoms with E-state index in [2.05, 4.69) is 0 Å². The fraction of sp³-hybridized carbons (Fsp3) is 0. The van der Waals surface area contributed by atoms with Crippen molar-refractivity contribution in [1.82, 2.24) is 0 Å². The Kier molecular flexibility index (Phi) is 9.07. The second-order valence-electron chi connectivity index (χ2n) is 2.30. The first-order chi connectivity index (χ1) is 5.93. The van der Waals surface area contributed by atoms with Crippen LogP contribution in [0.5, 0.6) is 0 Å². The predicted molar refractivity (Wildman–Crippen MR) is 48.0 cm³/mol. The van der Waals surface area contributed by atoms with Crippen molar-refractivity contribution in [2.75, 3.05) is 0 Å². The number of hydrogen-bond acceptors (Lipinski definition) is 1. The number of rotatable bonds is 1. The van der Waals surface area contributed by atoms with Gasteiger partial charge in [-0.25, -0.2) is 0 Å². The van der Waals surface area contributed by atoms with Crippen LogP contribution in [-0.2, 0) is 24.3 Å². The normalized spacial score (nSPS) is 21.5.